The zero-order valence-corrected chi connectivity index (χ0v) is 9.57. The number of carbonyl (C=O) groups is 2. The Morgan fingerprint density at radius 1 is 1.57 bits per heavy atom. The molecule has 1 rings (SSSR count). The topological polar surface area (TPSA) is 69.4 Å². The quantitative estimate of drug-likeness (QED) is 0.674. The second-order valence-corrected chi connectivity index (χ2v) is 3.80. The average molecular weight is 305 g/mol. The van der Waals surface area contributed by atoms with Gasteiger partial charge in [0.05, 0.1) is 18.2 Å². The molecule has 0 aliphatic rings. The van der Waals surface area contributed by atoms with E-state index in [1.807, 2.05) is 22.6 Å². The number of amides is 1. The minimum absolute atomic E-state index is 0.184. The predicted molar refractivity (Wildman–Crippen MR) is 59.6 cm³/mol. The maximum absolute atomic E-state index is 11.0. The van der Waals surface area contributed by atoms with Crippen LogP contribution in [0.4, 0.5) is 0 Å². The van der Waals surface area contributed by atoms with E-state index in [-0.39, 0.29) is 11.1 Å². The van der Waals surface area contributed by atoms with Crippen molar-refractivity contribution in [3.8, 4) is 5.75 Å². The van der Waals surface area contributed by atoms with E-state index in [1.165, 1.54) is 7.11 Å². The van der Waals surface area contributed by atoms with Gasteiger partial charge in [0, 0.05) is 3.57 Å². The summed E-state index contributed by atoms with van der Waals surface area (Å²) < 4.78 is 5.75. The van der Waals surface area contributed by atoms with Gasteiger partial charge in [0.25, 0.3) is 0 Å². The van der Waals surface area contributed by atoms with Gasteiger partial charge in [-0.05, 0) is 34.7 Å². The van der Waals surface area contributed by atoms with Crippen molar-refractivity contribution < 1.29 is 14.3 Å². The number of hydrogen-bond acceptors (Lipinski definition) is 3. The SMILES string of the molecule is COc1cc(I)cc(C(N)=O)c1C=O. The van der Waals surface area contributed by atoms with Crippen molar-refractivity contribution in [2.75, 3.05) is 7.11 Å². The zero-order chi connectivity index (χ0) is 10.7. The lowest BCUT2D eigenvalue weighted by Crippen LogP contribution is -2.14. The highest BCUT2D eigenvalue weighted by molar-refractivity contribution is 14.1. The van der Waals surface area contributed by atoms with Crippen LogP contribution in [0, 0.1) is 3.57 Å². The molecule has 0 saturated carbocycles. The normalized spacial score (nSPS) is 9.57. The van der Waals surface area contributed by atoms with E-state index in [0.29, 0.717) is 12.0 Å². The summed E-state index contributed by atoms with van der Waals surface area (Å²) in [7, 11) is 1.43. The van der Waals surface area contributed by atoms with Crippen LogP contribution in [0.2, 0.25) is 0 Å². The standard InChI is InChI=1S/C9H8INO3/c1-14-8-3-5(10)2-6(9(11)13)7(8)4-12/h2-4H,1H3,(H2,11,13). The van der Waals surface area contributed by atoms with Crippen molar-refractivity contribution in [3.05, 3.63) is 26.8 Å². The second-order valence-electron chi connectivity index (χ2n) is 2.55. The first-order valence-electron chi connectivity index (χ1n) is 3.72. The Kier molecular flexibility index (Phi) is 3.45. The van der Waals surface area contributed by atoms with Gasteiger partial charge in [-0.25, -0.2) is 0 Å². The molecule has 2 N–H and O–H groups in total. The van der Waals surface area contributed by atoms with Crippen LogP contribution in [0.5, 0.6) is 5.75 Å². The molecule has 0 aromatic heterocycles. The fourth-order valence-corrected chi connectivity index (χ4v) is 1.68. The minimum Gasteiger partial charge on any atom is -0.496 e. The summed E-state index contributed by atoms with van der Waals surface area (Å²) in [6.45, 7) is 0. The Morgan fingerprint density at radius 2 is 2.21 bits per heavy atom. The zero-order valence-electron chi connectivity index (χ0n) is 7.41. The van der Waals surface area contributed by atoms with Crippen molar-refractivity contribution in [1.82, 2.24) is 0 Å². The molecule has 0 radical (unpaired) electrons. The summed E-state index contributed by atoms with van der Waals surface area (Å²) in [6.07, 6.45) is 0.564. The molecule has 0 saturated heterocycles. The van der Waals surface area contributed by atoms with Gasteiger partial charge in [0.1, 0.15) is 5.75 Å². The largest absolute Gasteiger partial charge is 0.496 e. The van der Waals surface area contributed by atoms with Crippen molar-refractivity contribution in [1.29, 1.82) is 0 Å². The van der Waals surface area contributed by atoms with Crippen LogP contribution in [0.3, 0.4) is 0 Å². The Labute approximate surface area is 94.6 Å². The summed E-state index contributed by atoms with van der Waals surface area (Å²) in [5.74, 6) is -0.274. The fraction of sp³-hybridized carbons (Fsp3) is 0.111. The van der Waals surface area contributed by atoms with Crippen molar-refractivity contribution in [2.45, 2.75) is 0 Å². The van der Waals surface area contributed by atoms with Gasteiger partial charge < -0.3 is 10.5 Å². The minimum atomic E-state index is -0.635. The van der Waals surface area contributed by atoms with Crippen LogP contribution in [0.15, 0.2) is 12.1 Å². The number of ether oxygens (including phenoxy) is 1. The van der Waals surface area contributed by atoms with E-state index in [4.69, 9.17) is 10.5 Å². The number of aldehydes is 1. The third-order valence-electron chi connectivity index (χ3n) is 1.71. The molecule has 0 unspecified atom stereocenters. The van der Waals surface area contributed by atoms with Crippen LogP contribution in [0.1, 0.15) is 20.7 Å². The number of benzene rings is 1. The van der Waals surface area contributed by atoms with E-state index >= 15 is 0 Å². The Morgan fingerprint density at radius 3 is 2.64 bits per heavy atom. The first-order chi connectivity index (χ1) is 6.60. The average Bonchev–Trinajstić information content (AvgIpc) is 2.16. The highest BCUT2D eigenvalue weighted by Crippen LogP contribution is 2.23. The molecule has 4 nitrogen and oxygen atoms in total. The molecular formula is C9H8INO3. The van der Waals surface area contributed by atoms with Crippen LogP contribution in [-0.2, 0) is 0 Å². The maximum atomic E-state index is 11.0. The second kappa shape index (κ2) is 4.41. The highest BCUT2D eigenvalue weighted by atomic mass is 127. The Hall–Kier alpha value is -1.11. The van der Waals surface area contributed by atoms with Gasteiger partial charge in [-0.2, -0.15) is 0 Å². The van der Waals surface area contributed by atoms with Gasteiger partial charge in [-0.1, -0.05) is 0 Å². The van der Waals surface area contributed by atoms with E-state index in [2.05, 4.69) is 0 Å². The van der Waals surface area contributed by atoms with E-state index in [1.54, 1.807) is 12.1 Å². The van der Waals surface area contributed by atoms with Crippen LogP contribution < -0.4 is 10.5 Å². The van der Waals surface area contributed by atoms with Gasteiger partial charge in [-0.15, -0.1) is 0 Å². The molecule has 1 aromatic carbocycles. The number of methoxy groups -OCH3 is 1. The first-order valence-corrected chi connectivity index (χ1v) is 4.80. The Balaban J connectivity index is 3.46. The molecule has 0 heterocycles. The lowest BCUT2D eigenvalue weighted by molar-refractivity contribution is 0.0992. The van der Waals surface area contributed by atoms with Gasteiger partial charge >= 0.3 is 0 Å². The Bertz CT molecular complexity index is 390. The number of rotatable bonds is 3. The monoisotopic (exact) mass is 305 g/mol. The summed E-state index contributed by atoms with van der Waals surface area (Å²) >= 11 is 2.02. The molecule has 0 bridgehead atoms. The molecule has 74 valence electrons. The van der Waals surface area contributed by atoms with Crippen LogP contribution in [0.25, 0.3) is 0 Å². The smallest absolute Gasteiger partial charge is 0.249 e. The van der Waals surface area contributed by atoms with Crippen LogP contribution in [-0.4, -0.2) is 19.3 Å². The molecule has 0 aliphatic carbocycles. The van der Waals surface area contributed by atoms with Gasteiger partial charge in [-0.3, -0.25) is 9.59 Å². The fourth-order valence-electron chi connectivity index (χ4n) is 1.09. The molecule has 0 aliphatic heterocycles. The maximum Gasteiger partial charge on any atom is 0.249 e. The molecule has 0 fully saturated rings. The van der Waals surface area contributed by atoms with E-state index in [0.717, 1.165) is 3.57 Å². The van der Waals surface area contributed by atoms with Gasteiger partial charge in [0.15, 0.2) is 6.29 Å². The van der Waals surface area contributed by atoms with Crippen molar-refractivity contribution >= 4 is 34.8 Å². The van der Waals surface area contributed by atoms with Crippen molar-refractivity contribution in [2.24, 2.45) is 5.73 Å². The van der Waals surface area contributed by atoms with Gasteiger partial charge in [0.2, 0.25) is 5.91 Å². The summed E-state index contributed by atoms with van der Waals surface area (Å²) in [5, 5.41) is 0. The number of carbonyl (C=O) groups excluding carboxylic acids is 2. The number of halogens is 1. The predicted octanol–water partition coefficient (Wildman–Crippen LogP) is 1.21. The summed E-state index contributed by atoms with van der Waals surface area (Å²) in [6, 6.07) is 3.21. The lowest BCUT2D eigenvalue weighted by atomic mass is 10.1. The first kappa shape index (κ1) is 11.0. The third kappa shape index (κ3) is 2.03. The molecule has 0 spiro atoms. The molecule has 1 amide bonds. The number of primary amides is 1. The van der Waals surface area contributed by atoms with E-state index in [9.17, 15) is 9.59 Å². The molecule has 5 heteroatoms. The third-order valence-corrected chi connectivity index (χ3v) is 2.33. The van der Waals surface area contributed by atoms with Crippen molar-refractivity contribution in [3.63, 3.8) is 0 Å². The molecular weight excluding hydrogens is 297 g/mol. The molecule has 1 aromatic rings. The molecule has 0 atom stereocenters. The lowest BCUT2D eigenvalue weighted by Gasteiger charge is -2.07. The number of nitrogens with two attached hydrogens (primary N) is 1. The summed E-state index contributed by atoms with van der Waals surface area (Å²) in [5.41, 5.74) is 5.50. The summed E-state index contributed by atoms with van der Waals surface area (Å²) in [4.78, 5) is 21.7. The highest BCUT2D eigenvalue weighted by Gasteiger charge is 2.13. The number of hydrogen-bond donors (Lipinski definition) is 1. The van der Waals surface area contributed by atoms with Crippen LogP contribution >= 0.6 is 22.6 Å². The van der Waals surface area contributed by atoms with E-state index < -0.39 is 5.91 Å². The molecule has 14 heavy (non-hydrogen) atoms.